The molecule has 2 aromatic rings. The molecule has 1 unspecified atom stereocenters. The molecule has 0 aromatic heterocycles. The third-order valence-corrected chi connectivity index (χ3v) is 7.78. The summed E-state index contributed by atoms with van der Waals surface area (Å²) in [6.45, 7) is 7.21. The van der Waals surface area contributed by atoms with Gasteiger partial charge in [-0.25, -0.2) is 9.59 Å². The van der Waals surface area contributed by atoms with Gasteiger partial charge in [0, 0.05) is 39.2 Å². The number of nitrogens with one attached hydrogen (secondary N) is 3. The van der Waals surface area contributed by atoms with Gasteiger partial charge < -0.3 is 41.0 Å². The van der Waals surface area contributed by atoms with Gasteiger partial charge in [-0.3, -0.25) is 9.69 Å². The second-order valence-electron chi connectivity index (χ2n) is 12.0. The summed E-state index contributed by atoms with van der Waals surface area (Å²) in [6, 6.07) is 12.1. The second kappa shape index (κ2) is 16.6. The predicted molar refractivity (Wildman–Crippen MR) is 168 cm³/mol. The minimum atomic E-state index is -1.13. The van der Waals surface area contributed by atoms with Gasteiger partial charge in [0.25, 0.3) is 5.91 Å². The van der Waals surface area contributed by atoms with Gasteiger partial charge in [-0.15, -0.1) is 0 Å². The van der Waals surface area contributed by atoms with E-state index in [-0.39, 0.29) is 6.54 Å². The van der Waals surface area contributed by atoms with E-state index in [2.05, 4.69) is 16.0 Å². The molecule has 2 heterocycles. The molecule has 4 rings (SSSR count). The average molecular weight is 626 g/mol. The Morgan fingerprint density at radius 3 is 2.64 bits per heavy atom. The van der Waals surface area contributed by atoms with Gasteiger partial charge in [0.15, 0.2) is 6.17 Å². The van der Waals surface area contributed by atoms with E-state index in [1.54, 1.807) is 0 Å². The topological polar surface area (TPSA) is 164 Å². The number of hydrogen-bond acceptors (Lipinski definition) is 8. The molecule has 0 bridgehead atoms. The Morgan fingerprint density at radius 2 is 1.84 bits per heavy atom. The fraction of sp³-hybridized carbons (Fsp3) is 0.545. The third kappa shape index (κ3) is 10.7. The number of carbonyl (C=O) groups is 3. The van der Waals surface area contributed by atoms with Gasteiger partial charge in [-0.1, -0.05) is 43.2 Å². The highest BCUT2D eigenvalue weighted by molar-refractivity contribution is 6.05. The highest BCUT2D eigenvalue weighted by Gasteiger charge is 2.38. The number of amides is 5. The van der Waals surface area contributed by atoms with Gasteiger partial charge in [-0.05, 0) is 67.5 Å². The van der Waals surface area contributed by atoms with Crippen LogP contribution in [-0.4, -0.2) is 66.2 Å². The van der Waals surface area contributed by atoms with E-state index in [4.69, 9.17) is 19.9 Å². The van der Waals surface area contributed by atoms with Crippen molar-refractivity contribution < 1.29 is 33.7 Å². The number of fused-ring (bicyclic) bond motifs is 1. The zero-order valence-electron chi connectivity index (χ0n) is 26.3. The zero-order valence-corrected chi connectivity index (χ0v) is 26.3. The number of nitrogens with two attached hydrogens (primary N) is 1. The van der Waals surface area contributed by atoms with Gasteiger partial charge in [0.1, 0.15) is 5.75 Å². The molecule has 6 N–H and O–H groups in total. The van der Waals surface area contributed by atoms with Crippen LogP contribution in [0, 0.1) is 0 Å². The average Bonchev–Trinajstić information content (AvgIpc) is 3.25. The van der Waals surface area contributed by atoms with Crippen LogP contribution in [0.5, 0.6) is 5.75 Å². The van der Waals surface area contributed by atoms with Crippen molar-refractivity contribution in [2.75, 3.05) is 26.3 Å². The second-order valence-corrected chi connectivity index (χ2v) is 12.0. The number of urea groups is 2. The first-order chi connectivity index (χ1) is 21.6. The zero-order chi connectivity index (χ0) is 32.2. The molecule has 2 aliphatic heterocycles. The van der Waals surface area contributed by atoms with Crippen LogP contribution in [0.25, 0.3) is 0 Å². The lowest BCUT2D eigenvalue weighted by Crippen LogP contribution is -2.48. The van der Waals surface area contributed by atoms with Crippen molar-refractivity contribution in [1.82, 2.24) is 20.9 Å². The van der Waals surface area contributed by atoms with Crippen molar-refractivity contribution in [3.8, 4) is 5.75 Å². The van der Waals surface area contributed by atoms with Crippen LogP contribution in [0.1, 0.15) is 80.7 Å². The van der Waals surface area contributed by atoms with Crippen LogP contribution < -0.4 is 26.4 Å². The van der Waals surface area contributed by atoms with E-state index in [1.165, 1.54) is 0 Å². The van der Waals surface area contributed by atoms with Crippen molar-refractivity contribution in [2.45, 2.75) is 90.0 Å². The highest BCUT2D eigenvalue weighted by atomic mass is 16.7. The Bertz CT molecular complexity index is 1300. The van der Waals surface area contributed by atoms with Crippen molar-refractivity contribution in [1.29, 1.82) is 0 Å². The first-order valence-corrected chi connectivity index (χ1v) is 15.8. The van der Waals surface area contributed by atoms with Crippen LogP contribution in [0.4, 0.5) is 9.59 Å². The fourth-order valence-electron chi connectivity index (χ4n) is 5.34. The van der Waals surface area contributed by atoms with Crippen LogP contribution in [0.2, 0.25) is 0 Å². The highest BCUT2D eigenvalue weighted by Crippen LogP contribution is 2.32. The lowest BCUT2D eigenvalue weighted by Gasteiger charge is -2.33. The molecular formula is C33H47N5O7. The predicted octanol–water partition coefficient (Wildman–Crippen LogP) is 3.60. The number of benzene rings is 2. The molecule has 45 heavy (non-hydrogen) atoms. The maximum absolute atomic E-state index is 12.4. The number of aliphatic hydroxyl groups is 1. The third-order valence-electron chi connectivity index (χ3n) is 7.78. The molecule has 0 saturated carbocycles. The molecule has 1 saturated heterocycles. The van der Waals surface area contributed by atoms with E-state index in [0.29, 0.717) is 19.8 Å². The summed E-state index contributed by atoms with van der Waals surface area (Å²) in [6.07, 6.45) is 5.38. The quantitative estimate of drug-likeness (QED) is 0.124. The van der Waals surface area contributed by atoms with Crippen LogP contribution in [0.3, 0.4) is 0 Å². The van der Waals surface area contributed by atoms with E-state index >= 15 is 0 Å². The summed E-state index contributed by atoms with van der Waals surface area (Å²) in [5.74, 6) is -0.350. The minimum Gasteiger partial charge on any atom is -0.463 e. The van der Waals surface area contributed by atoms with Crippen LogP contribution in [-0.2, 0) is 33.8 Å². The largest absolute Gasteiger partial charge is 0.463 e. The summed E-state index contributed by atoms with van der Waals surface area (Å²) in [4.78, 5) is 36.6. The molecule has 0 radical (unpaired) electrons. The van der Waals surface area contributed by atoms with Gasteiger partial charge in [-0.2, -0.15) is 0 Å². The summed E-state index contributed by atoms with van der Waals surface area (Å²) in [7, 11) is 0. The number of primary amides is 1. The number of aryl methyl sites for hydroxylation is 1. The molecule has 246 valence electrons. The minimum absolute atomic E-state index is 0.122. The SMILES string of the molecule is CC1(C)OCc2cc([C@H](O)CNCCCCCCOCCCCc3cccc(CN4C(=O)NC(NC(N)=O)C4=O)c3)ccc2O1. The maximum Gasteiger partial charge on any atom is 0.326 e. The van der Waals surface area contributed by atoms with E-state index < -0.39 is 36.0 Å². The molecule has 5 amide bonds. The molecule has 2 aliphatic rings. The van der Waals surface area contributed by atoms with Gasteiger partial charge in [0.2, 0.25) is 5.79 Å². The standard InChI is InChI=1S/C33H47N5O7/c1-33(2)44-22-26-19-25(13-14-28(26)45-33)27(39)20-35-15-6-3-4-7-16-43-17-8-5-10-23-11-9-12-24(18-23)21-38-30(40)29(36-31(34)41)37-32(38)42/h9,11-14,18-19,27,29,35,39H,3-8,10,15-17,20-22H2,1-2H3,(H,37,42)(H3,34,36,41)/t27-,29?/m1/s1. The summed E-state index contributed by atoms with van der Waals surface area (Å²) in [5, 5.41) is 18.5. The number of aliphatic hydroxyl groups excluding tert-OH is 1. The molecule has 1 fully saturated rings. The Labute approximate surface area is 265 Å². The molecular weight excluding hydrogens is 578 g/mol. The first kappa shape index (κ1) is 34.2. The van der Waals surface area contributed by atoms with Crippen molar-refractivity contribution in [3.63, 3.8) is 0 Å². The summed E-state index contributed by atoms with van der Waals surface area (Å²) in [5.41, 5.74) is 8.85. The van der Waals surface area contributed by atoms with Gasteiger partial charge in [0.05, 0.1) is 19.3 Å². The Balaban J connectivity index is 0.992. The molecule has 0 aliphatic carbocycles. The maximum atomic E-state index is 12.4. The lowest BCUT2D eigenvalue weighted by atomic mass is 10.0. The molecule has 2 atom stereocenters. The Hall–Kier alpha value is -3.71. The Morgan fingerprint density at radius 1 is 1.09 bits per heavy atom. The fourth-order valence-corrected chi connectivity index (χ4v) is 5.34. The normalized spacial score (nSPS) is 17.8. The number of carbonyl (C=O) groups excluding carboxylic acids is 3. The first-order valence-electron chi connectivity index (χ1n) is 15.8. The molecule has 12 heteroatoms. The van der Waals surface area contributed by atoms with Crippen molar-refractivity contribution in [2.24, 2.45) is 5.73 Å². The summed E-state index contributed by atoms with van der Waals surface area (Å²) < 4.78 is 17.3. The summed E-state index contributed by atoms with van der Waals surface area (Å²) >= 11 is 0. The number of imide groups is 1. The molecule has 2 aromatic carbocycles. The number of nitrogens with zero attached hydrogens (tertiary/aromatic N) is 1. The molecule has 12 nitrogen and oxygen atoms in total. The Kier molecular flexibility index (Phi) is 12.6. The van der Waals surface area contributed by atoms with Crippen LogP contribution >= 0.6 is 0 Å². The monoisotopic (exact) mass is 625 g/mol. The van der Waals surface area contributed by atoms with Crippen molar-refractivity contribution >= 4 is 18.0 Å². The number of rotatable bonds is 18. The number of hydrogen-bond donors (Lipinski definition) is 5. The number of unbranched alkanes of at least 4 members (excludes halogenated alkanes) is 4. The van der Waals surface area contributed by atoms with E-state index in [1.807, 2.05) is 56.3 Å². The smallest absolute Gasteiger partial charge is 0.326 e. The molecule has 0 spiro atoms. The van der Waals surface area contributed by atoms with Crippen molar-refractivity contribution in [3.05, 3.63) is 64.7 Å². The van der Waals surface area contributed by atoms with E-state index in [0.717, 1.165) is 91.0 Å². The van der Waals surface area contributed by atoms with Crippen LogP contribution in [0.15, 0.2) is 42.5 Å². The van der Waals surface area contributed by atoms with Gasteiger partial charge >= 0.3 is 12.1 Å². The lowest BCUT2D eigenvalue weighted by molar-refractivity contribution is -0.180. The van der Waals surface area contributed by atoms with E-state index in [9.17, 15) is 19.5 Å². The number of ether oxygens (including phenoxy) is 3.